The number of hydrogen-bond donors (Lipinski definition) is 0. The lowest BCUT2D eigenvalue weighted by molar-refractivity contribution is 0.737. The van der Waals surface area contributed by atoms with Gasteiger partial charge < -0.3 is 0 Å². The summed E-state index contributed by atoms with van der Waals surface area (Å²) in [6, 6.07) is 9.96. The second-order valence-corrected chi connectivity index (χ2v) is 3.75. The average Bonchev–Trinajstić information content (AvgIpc) is 2.38. The van der Waals surface area contributed by atoms with Crippen LogP contribution in [0, 0.1) is 23.7 Å². The van der Waals surface area contributed by atoms with Crippen molar-refractivity contribution in [3.05, 3.63) is 48.0 Å². The van der Waals surface area contributed by atoms with Gasteiger partial charge in [-0.1, -0.05) is 61.6 Å². The number of benzene rings is 1. The fourth-order valence-electron chi connectivity index (χ4n) is 1.32. The van der Waals surface area contributed by atoms with E-state index in [4.69, 9.17) is 0 Å². The monoisotopic (exact) mass is 222 g/mol. The molecule has 0 atom stereocenters. The van der Waals surface area contributed by atoms with E-state index in [0.29, 0.717) is 0 Å². The SMILES string of the molecule is CCCCCC#C/C=C\C#Cc1ccccc1. The van der Waals surface area contributed by atoms with Crippen LogP contribution in [0.25, 0.3) is 0 Å². The van der Waals surface area contributed by atoms with Gasteiger partial charge in [0, 0.05) is 12.0 Å². The molecule has 0 saturated heterocycles. The summed E-state index contributed by atoms with van der Waals surface area (Å²) in [5.74, 6) is 12.1. The highest BCUT2D eigenvalue weighted by atomic mass is 13.8. The van der Waals surface area contributed by atoms with Crippen LogP contribution in [0.4, 0.5) is 0 Å². The fourth-order valence-corrected chi connectivity index (χ4v) is 1.32. The molecular weight excluding hydrogens is 204 g/mol. The van der Waals surface area contributed by atoms with E-state index in [1.807, 2.05) is 36.4 Å². The van der Waals surface area contributed by atoms with Crippen molar-refractivity contribution in [1.82, 2.24) is 0 Å². The van der Waals surface area contributed by atoms with E-state index in [-0.39, 0.29) is 0 Å². The van der Waals surface area contributed by atoms with Crippen molar-refractivity contribution >= 4 is 0 Å². The maximum absolute atomic E-state index is 3.11. The number of unbranched alkanes of at least 4 members (excludes halogenated alkanes) is 3. The third-order valence-corrected chi connectivity index (χ3v) is 2.25. The Morgan fingerprint density at radius 2 is 1.76 bits per heavy atom. The highest BCUT2D eigenvalue weighted by molar-refractivity contribution is 5.37. The number of allylic oxidation sites excluding steroid dienone is 2. The molecule has 0 nitrogen and oxygen atoms in total. The molecule has 0 aromatic heterocycles. The zero-order chi connectivity index (χ0) is 12.2. The van der Waals surface area contributed by atoms with Crippen LogP contribution < -0.4 is 0 Å². The molecule has 0 unspecified atom stereocenters. The smallest absolute Gasteiger partial charge is 0.0248 e. The molecule has 0 spiro atoms. The predicted octanol–water partition coefficient (Wildman–Crippen LogP) is 4.18. The molecule has 86 valence electrons. The lowest BCUT2D eigenvalue weighted by Gasteiger charge is -1.87. The molecule has 0 aliphatic heterocycles. The highest BCUT2D eigenvalue weighted by Crippen LogP contribution is 1.96. The lowest BCUT2D eigenvalue weighted by atomic mass is 10.2. The summed E-state index contributed by atoms with van der Waals surface area (Å²) in [6.45, 7) is 2.20. The Bertz CT molecular complexity index is 444. The van der Waals surface area contributed by atoms with Gasteiger partial charge in [0.1, 0.15) is 0 Å². The molecule has 17 heavy (non-hydrogen) atoms. The standard InChI is InChI=1S/C17H18/c1-2-3-4-5-6-7-8-9-11-14-17-15-12-10-13-16-17/h8-10,12-13,15-16H,2-5H2,1H3/b9-8-. The summed E-state index contributed by atoms with van der Waals surface area (Å²) in [6.07, 6.45) is 8.34. The molecule has 1 rings (SSSR count). The van der Waals surface area contributed by atoms with Crippen LogP contribution in [0.2, 0.25) is 0 Å². The Balaban J connectivity index is 2.29. The molecule has 0 heterocycles. The minimum atomic E-state index is 0.990. The first-order chi connectivity index (χ1) is 8.43. The molecule has 0 N–H and O–H groups in total. The summed E-state index contributed by atoms with van der Waals surface area (Å²) < 4.78 is 0. The molecule has 0 aliphatic carbocycles. The van der Waals surface area contributed by atoms with Crippen molar-refractivity contribution in [3.8, 4) is 23.7 Å². The van der Waals surface area contributed by atoms with Crippen LogP contribution >= 0.6 is 0 Å². The van der Waals surface area contributed by atoms with Gasteiger partial charge in [-0.15, -0.1) is 0 Å². The summed E-state index contributed by atoms with van der Waals surface area (Å²) in [5, 5.41) is 0. The normalized spacial score (nSPS) is 9.24. The summed E-state index contributed by atoms with van der Waals surface area (Å²) in [4.78, 5) is 0. The van der Waals surface area contributed by atoms with Crippen molar-refractivity contribution in [1.29, 1.82) is 0 Å². The first kappa shape index (κ1) is 13.1. The van der Waals surface area contributed by atoms with E-state index in [1.165, 1.54) is 19.3 Å². The van der Waals surface area contributed by atoms with Crippen LogP contribution in [-0.2, 0) is 0 Å². The topological polar surface area (TPSA) is 0 Å². The molecular formula is C17H18. The van der Waals surface area contributed by atoms with E-state index in [1.54, 1.807) is 6.08 Å². The Labute approximate surface area is 105 Å². The first-order valence-electron chi connectivity index (χ1n) is 6.13. The van der Waals surface area contributed by atoms with Crippen molar-refractivity contribution in [3.63, 3.8) is 0 Å². The zero-order valence-corrected chi connectivity index (χ0v) is 10.4. The van der Waals surface area contributed by atoms with E-state index >= 15 is 0 Å². The largest absolute Gasteiger partial charge is 0.0985 e. The zero-order valence-electron chi connectivity index (χ0n) is 10.4. The average molecular weight is 222 g/mol. The molecule has 0 radical (unpaired) electrons. The first-order valence-corrected chi connectivity index (χ1v) is 6.13. The van der Waals surface area contributed by atoms with Crippen molar-refractivity contribution < 1.29 is 0 Å². The van der Waals surface area contributed by atoms with E-state index < -0.39 is 0 Å². The Morgan fingerprint density at radius 1 is 1.00 bits per heavy atom. The molecule has 0 aliphatic rings. The van der Waals surface area contributed by atoms with Crippen LogP contribution in [0.3, 0.4) is 0 Å². The van der Waals surface area contributed by atoms with E-state index in [2.05, 4.69) is 30.6 Å². The van der Waals surface area contributed by atoms with Crippen LogP contribution in [-0.4, -0.2) is 0 Å². The van der Waals surface area contributed by atoms with Gasteiger partial charge in [0.25, 0.3) is 0 Å². The van der Waals surface area contributed by atoms with Crippen LogP contribution in [0.5, 0.6) is 0 Å². The molecule has 1 aromatic rings. The van der Waals surface area contributed by atoms with Gasteiger partial charge in [-0.05, 0) is 30.7 Å². The maximum Gasteiger partial charge on any atom is 0.0248 e. The number of hydrogen-bond acceptors (Lipinski definition) is 0. The highest BCUT2D eigenvalue weighted by Gasteiger charge is 1.80. The van der Waals surface area contributed by atoms with Gasteiger partial charge in [-0.2, -0.15) is 0 Å². The van der Waals surface area contributed by atoms with E-state index in [9.17, 15) is 0 Å². The Morgan fingerprint density at radius 3 is 2.53 bits per heavy atom. The Hall–Kier alpha value is -1.92. The number of rotatable bonds is 3. The molecule has 1 aromatic carbocycles. The molecule has 0 bridgehead atoms. The quantitative estimate of drug-likeness (QED) is 0.531. The predicted molar refractivity (Wildman–Crippen MR) is 74.4 cm³/mol. The summed E-state index contributed by atoms with van der Waals surface area (Å²) in [7, 11) is 0. The molecule has 0 amide bonds. The summed E-state index contributed by atoms with van der Waals surface area (Å²) >= 11 is 0. The third-order valence-electron chi connectivity index (χ3n) is 2.25. The van der Waals surface area contributed by atoms with Gasteiger partial charge in [0.2, 0.25) is 0 Å². The minimum Gasteiger partial charge on any atom is -0.0985 e. The lowest BCUT2D eigenvalue weighted by Crippen LogP contribution is -1.70. The molecule has 0 heteroatoms. The fraction of sp³-hybridized carbons (Fsp3) is 0.294. The van der Waals surface area contributed by atoms with Gasteiger partial charge in [0.15, 0.2) is 0 Å². The molecule has 0 saturated carbocycles. The molecule has 0 fully saturated rings. The van der Waals surface area contributed by atoms with E-state index in [0.717, 1.165) is 12.0 Å². The van der Waals surface area contributed by atoms with Gasteiger partial charge in [0.05, 0.1) is 0 Å². The van der Waals surface area contributed by atoms with Crippen LogP contribution in [0.1, 0.15) is 38.2 Å². The minimum absolute atomic E-state index is 0.990. The van der Waals surface area contributed by atoms with Crippen molar-refractivity contribution in [2.24, 2.45) is 0 Å². The summed E-state index contributed by atoms with van der Waals surface area (Å²) in [5.41, 5.74) is 1.04. The van der Waals surface area contributed by atoms with Gasteiger partial charge >= 0.3 is 0 Å². The third kappa shape index (κ3) is 7.04. The van der Waals surface area contributed by atoms with Gasteiger partial charge in [-0.3, -0.25) is 0 Å². The Kier molecular flexibility index (Phi) is 7.20. The van der Waals surface area contributed by atoms with Gasteiger partial charge in [-0.25, -0.2) is 0 Å². The maximum atomic E-state index is 3.11. The second-order valence-electron chi connectivity index (χ2n) is 3.75. The van der Waals surface area contributed by atoms with Crippen molar-refractivity contribution in [2.45, 2.75) is 32.6 Å². The van der Waals surface area contributed by atoms with Crippen molar-refractivity contribution in [2.75, 3.05) is 0 Å². The second kappa shape index (κ2) is 9.32. The van der Waals surface area contributed by atoms with Crippen LogP contribution in [0.15, 0.2) is 42.5 Å².